The minimum Gasteiger partial charge on any atom is -0.355 e. The van der Waals surface area contributed by atoms with E-state index in [2.05, 4.69) is 25.1 Å². The molecular weight excluding hydrogens is 424 g/mol. The Kier molecular flexibility index (Phi) is 5.25. The second kappa shape index (κ2) is 8.10. The Hall–Kier alpha value is -3.12. The Morgan fingerprint density at radius 1 is 1.16 bits per heavy atom. The second-order valence-corrected chi connectivity index (χ2v) is 8.71. The van der Waals surface area contributed by atoms with E-state index in [1.54, 1.807) is 0 Å². The van der Waals surface area contributed by atoms with Crippen LogP contribution in [0.2, 0.25) is 5.02 Å². The van der Waals surface area contributed by atoms with Gasteiger partial charge in [-0.25, -0.2) is 0 Å². The summed E-state index contributed by atoms with van der Waals surface area (Å²) in [5.41, 5.74) is 5.25. The highest BCUT2D eigenvalue weighted by Gasteiger charge is 2.41. The van der Waals surface area contributed by atoms with Gasteiger partial charge in [-0.05, 0) is 43.5 Å². The lowest BCUT2D eigenvalue weighted by atomic mass is 9.87. The Morgan fingerprint density at radius 2 is 1.97 bits per heavy atom. The number of hydrogen-bond acceptors (Lipinski definition) is 4. The number of carbonyl (C=O) groups excluding carboxylic acids is 1. The molecule has 2 unspecified atom stereocenters. The van der Waals surface area contributed by atoms with Gasteiger partial charge >= 0.3 is 0 Å². The van der Waals surface area contributed by atoms with Crippen molar-refractivity contribution in [3.8, 4) is 11.3 Å². The molecular formula is C25H25ClN4O2. The van der Waals surface area contributed by atoms with Crippen LogP contribution >= 0.6 is 11.6 Å². The molecule has 1 aliphatic rings. The maximum absolute atomic E-state index is 13.8. The fourth-order valence-electron chi connectivity index (χ4n) is 4.98. The van der Waals surface area contributed by atoms with Gasteiger partial charge in [0.2, 0.25) is 0 Å². The minimum atomic E-state index is -0.134. The average Bonchev–Trinajstić information content (AvgIpc) is 3.37. The van der Waals surface area contributed by atoms with Crippen LogP contribution in [-0.4, -0.2) is 31.8 Å². The molecule has 4 aromatic rings. The third kappa shape index (κ3) is 3.21. The van der Waals surface area contributed by atoms with Crippen molar-refractivity contribution >= 4 is 28.5 Å². The molecule has 0 spiro atoms. The topological polar surface area (TPSA) is 64.2 Å². The molecule has 2 aromatic heterocycles. The molecule has 0 fully saturated rings. The first-order valence-corrected chi connectivity index (χ1v) is 11.4. The number of aryl methyl sites for hydroxylation is 1. The quantitative estimate of drug-likeness (QED) is 0.395. The summed E-state index contributed by atoms with van der Waals surface area (Å²) in [6.45, 7) is 4.22. The fourth-order valence-corrected chi connectivity index (χ4v) is 5.17. The molecule has 0 aliphatic carbocycles. The van der Waals surface area contributed by atoms with Gasteiger partial charge in [0.25, 0.3) is 5.91 Å². The molecule has 2 aromatic carbocycles. The Labute approximate surface area is 191 Å². The van der Waals surface area contributed by atoms with Crippen LogP contribution in [0.4, 0.5) is 0 Å². The number of aromatic nitrogens is 3. The predicted octanol–water partition coefficient (Wildman–Crippen LogP) is 5.81. The Morgan fingerprint density at radius 3 is 2.72 bits per heavy atom. The highest BCUT2D eigenvalue weighted by atomic mass is 35.5. The van der Waals surface area contributed by atoms with Crippen LogP contribution in [0.1, 0.15) is 54.5 Å². The highest BCUT2D eigenvalue weighted by molar-refractivity contribution is 6.30. The van der Waals surface area contributed by atoms with Crippen molar-refractivity contribution < 1.29 is 9.32 Å². The van der Waals surface area contributed by atoms with Gasteiger partial charge in [0.1, 0.15) is 0 Å². The van der Waals surface area contributed by atoms with Crippen LogP contribution in [0.25, 0.3) is 22.2 Å². The standard InChI is InChI=1S/C25H25ClN4O2/c1-4-17-14-19-22(27-29(3)24(19)15-9-8-10-16(26)13-15)20(5-2)30(17)25(31)23-18-11-6-7-12-21(18)32-28-23/h6-13,17,20H,4-5,14H2,1-3H3. The Balaban J connectivity index is 1.62. The first-order chi connectivity index (χ1) is 15.5. The number of benzene rings is 2. The molecule has 164 valence electrons. The second-order valence-electron chi connectivity index (χ2n) is 8.28. The third-order valence-electron chi connectivity index (χ3n) is 6.43. The number of fused-ring (bicyclic) bond motifs is 2. The predicted molar refractivity (Wildman–Crippen MR) is 125 cm³/mol. The molecule has 0 saturated heterocycles. The van der Waals surface area contributed by atoms with Crippen LogP contribution in [0, 0.1) is 0 Å². The molecule has 1 amide bonds. The van der Waals surface area contributed by atoms with Gasteiger partial charge in [0, 0.05) is 29.2 Å². The van der Waals surface area contributed by atoms with E-state index in [1.165, 1.54) is 5.56 Å². The van der Waals surface area contributed by atoms with Crippen LogP contribution in [-0.2, 0) is 13.5 Å². The number of para-hydroxylation sites is 1. The summed E-state index contributed by atoms with van der Waals surface area (Å²) in [6, 6.07) is 15.3. The zero-order valence-corrected chi connectivity index (χ0v) is 19.1. The summed E-state index contributed by atoms with van der Waals surface area (Å²) < 4.78 is 7.35. The van der Waals surface area contributed by atoms with Crippen molar-refractivity contribution in [1.29, 1.82) is 0 Å². The molecule has 32 heavy (non-hydrogen) atoms. The molecule has 1 aliphatic heterocycles. The van der Waals surface area contributed by atoms with Gasteiger partial charge in [-0.3, -0.25) is 9.48 Å². The van der Waals surface area contributed by atoms with Gasteiger partial charge in [-0.1, -0.05) is 54.9 Å². The third-order valence-corrected chi connectivity index (χ3v) is 6.67. The monoisotopic (exact) mass is 448 g/mol. The van der Waals surface area contributed by atoms with Crippen LogP contribution in [0.3, 0.4) is 0 Å². The first-order valence-electron chi connectivity index (χ1n) is 11.0. The van der Waals surface area contributed by atoms with E-state index in [1.807, 2.05) is 59.1 Å². The van der Waals surface area contributed by atoms with E-state index in [0.29, 0.717) is 16.3 Å². The molecule has 3 heterocycles. The summed E-state index contributed by atoms with van der Waals surface area (Å²) in [7, 11) is 1.96. The smallest absolute Gasteiger partial charge is 0.277 e. The SMILES string of the molecule is CCC1Cc2c(nn(C)c2-c2cccc(Cl)c2)C(CC)N1C(=O)c1noc2ccccc12. The van der Waals surface area contributed by atoms with E-state index in [4.69, 9.17) is 21.2 Å². The van der Waals surface area contributed by atoms with Crippen molar-refractivity contribution in [3.05, 3.63) is 70.5 Å². The summed E-state index contributed by atoms with van der Waals surface area (Å²) in [4.78, 5) is 15.8. The van der Waals surface area contributed by atoms with Crippen molar-refractivity contribution in [2.75, 3.05) is 0 Å². The van der Waals surface area contributed by atoms with Crippen LogP contribution in [0.5, 0.6) is 0 Å². The molecule has 0 radical (unpaired) electrons. The lowest BCUT2D eigenvalue weighted by molar-refractivity contribution is 0.0504. The van der Waals surface area contributed by atoms with Crippen molar-refractivity contribution in [2.45, 2.75) is 45.2 Å². The fraction of sp³-hybridized carbons (Fsp3) is 0.320. The number of amides is 1. The number of rotatable bonds is 4. The number of halogens is 1. The van der Waals surface area contributed by atoms with Crippen molar-refractivity contribution in [2.24, 2.45) is 7.05 Å². The minimum absolute atomic E-state index is 0.0394. The number of nitrogens with zero attached hydrogens (tertiary/aromatic N) is 4. The molecule has 7 heteroatoms. The van der Waals surface area contributed by atoms with E-state index in [-0.39, 0.29) is 18.0 Å². The molecule has 0 bridgehead atoms. The van der Waals surface area contributed by atoms with Gasteiger partial charge in [-0.2, -0.15) is 5.10 Å². The summed E-state index contributed by atoms with van der Waals surface area (Å²) in [5.74, 6) is -0.103. The van der Waals surface area contributed by atoms with Crippen LogP contribution < -0.4 is 0 Å². The van der Waals surface area contributed by atoms with Gasteiger partial charge in [-0.15, -0.1) is 0 Å². The molecule has 0 N–H and O–H groups in total. The number of carbonyl (C=O) groups is 1. The van der Waals surface area contributed by atoms with Crippen molar-refractivity contribution in [1.82, 2.24) is 19.8 Å². The van der Waals surface area contributed by atoms with E-state index >= 15 is 0 Å². The normalized spacial score (nSPS) is 18.2. The highest BCUT2D eigenvalue weighted by Crippen LogP contribution is 2.41. The van der Waals surface area contributed by atoms with Gasteiger partial charge in [0.15, 0.2) is 11.3 Å². The van der Waals surface area contributed by atoms with Crippen molar-refractivity contribution in [3.63, 3.8) is 0 Å². The van der Waals surface area contributed by atoms with Gasteiger partial charge in [0.05, 0.1) is 22.8 Å². The Bertz CT molecular complexity index is 1310. The molecule has 5 rings (SSSR count). The molecule has 0 saturated carbocycles. The van der Waals surface area contributed by atoms with Crippen LogP contribution in [0.15, 0.2) is 53.1 Å². The lowest BCUT2D eigenvalue weighted by Crippen LogP contribution is -2.47. The van der Waals surface area contributed by atoms with E-state index < -0.39 is 0 Å². The lowest BCUT2D eigenvalue weighted by Gasteiger charge is -2.40. The largest absolute Gasteiger partial charge is 0.355 e. The summed E-state index contributed by atoms with van der Waals surface area (Å²) in [6.07, 6.45) is 2.33. The zero-order valence-electron chi connectivity index (χ0n) is 18.4. The molecule has 6 nitrogen and oxygen atoms in total. The first kappa shape index (κ1) is 20.8. The molecule has 2 atom stereocenters. The van der Waals surface area contributed by atoms with Gasteiger partial charge < -0.3 is 9.42 Å². The zero-order chi connectivity index (χ0) is 22.4. The summed E-state index contributed by atoms with van der Waals surface area (Å²) >= 11 is 6.28. The van der Waals surface area contributed by atoms with E-state index in [0.717, 1.165) is 41.6 Å². The van der Waals surface area contributed by atoms with E-state index in [9.17, 15) is 4.79 Å². The average molecular weight is 449 g/mol. The summed E-state index contributed by atoms with van der Waals surface area (Å²) in [5, 5.41) is 10.5. The number of hydrogen-bond donors (Lipinski definition) is 0. The maximum Gasteiger partial charge on any atom is 0.277 e. The maximum atomic E-state index is 13.8.